The summed E-state index contributed by atoms with van der Waals surface area (Å²) in [7, 11) is 1.90. The quantitative estimate of drug-likeness (QED) is 0.861. The van der Waals surface area contributed by atoms with Crippen LogP contribution in [-0.2, 0) is 7.05 Å². The third-order valence-corrected chi connectivity index (χ3v) is 3.65. The van der Waals surface area contributed by atoms with E-state index in [9.17, 15) is 0 Å². The largest absolute Gasteiger partial charge is 0.394 e. The number of nitrogen functional groups attached to an aromatic ring is 1. The molecule has 0 aromatic carbocycles. The molecular weight excluding hydrogens is 220 g/mol. The van der Waals surface area contributed by atoms with Crippen LogP contribution in [0.2, 0.25) is 0 Å². The minimum atomic E-state index is 0.247. The van der Waals surface area contributed by atoms with E-state index in [1.54, 1.807) is 16.0 Å². The van der Waals surface area contributed by atoms with Crippen molar-refractivity contribution in [1.82, 2.24) is 9.78 Å². The standard InChI is InChI=1S/C11H16N4S/c1-7(9-5-4-6-16-9)13-11-10(12)8(2)14-15(11)3/h4-7,13H,12H2,1-3H3. The fourth-order valence-electron chi connectivity index (χ4n) is 1.66. The molecule has 0 aliphatic rings. The second-order valence-corrected chi connectivity index (χ2v) is 4.83. The van der Waals surface area contributed by atoms with E-state index in [4.69, 9.17) is 5.73 Å². The van der Waals surface area contributed by atoms with Gasteiger partial charge in [0.1, 0.15) is 5.82 Å². The van der Waals surface area contributed by atoms with Gasteiger partial charge in [0.15, 0.2) is 0 Å². The SMILES string of the molecule is Cc1nn(C)c(NC(C)c2cccs2)c1N. The van der Waals surface area contributed by atoms with Crippen molar-refractivity contribution in [2.75, 3.05) is 11.1 Å². The van der Waals surface area contributed by atoms with Crippen molar-refractivity contribution >= 4 is 22.8 Å². The molecule has 3 N–H and O–H groups in total. The Kier molecular flexibility index (Phi) is 2.87. The van der Waals surface area contributed by atoms with Crippen LogP contribution >= 0.6 is 11.3 Å². The lowest BCUT2D eigenvalue weighted by atomic mass is 10.2. The molecule has 0 saturated carbocycles. The zero-order valence-corrected chi connectivity index (χ0v) is 10.5. The summed E-state index contributed by atoms with van der Waals surface area (Å²) >= 11 is 1.74. The number of nitrogens with zero attached hydrogens (tertiary/aromatic N) is 2. The van der Waals surface area contributed by atoms with Crippen LogP contribution < -0.4 is 11.1 Å². The number of aromatic nitrogens is 2. The fraction of sp³-hybridized carbons (Fsp3) is 0.364. The normalized spacial score (nSPS) is 12.7. The predicted molar refractivity (Wildman–Crippen MR) is 68.7 cm³/mol. The molecule has 2 aromatic rings. The van der Waals surface area contributed by atoms with Crippen molar-refractivity contribution in [2.45, 2.75) is 19.9 Å². The van der Waals surface area contributed by atoms with Crippen LogP contribution in [-0.4, -0.2) is 9.78 Å². The number of nitrogens with one attached hydrogen (secondary N) is 1. The van der Waals surface area contributed by atoms with E-state index < -0.39 is 0 Å². The molecule has 0 bridgehead atoms. The topological polar surface area (TPSA) is 55.9 Å². The molecule has 5 heteroatoms. The Morgan fingerprint density at radius 2 is 2.31 bits per heavy atom. The third-order valence-electron chi connectivity index (χ3n) is 2.59. The van der Waals surface area contributed by atoms with Gasteiger partial charge in [0.05, 0.1) is 17.4 Å². The van der Waals surface area contributed by atoms with Crippen LogP contribution in [0.1, 0.15) is 23.5 Å². The summed E-state index contributed by atoms with van der Waals surface area (Å²) in [5.41, 5.74) is 7.55. The summed E-state index contributed by atoms with van der Waals surface area (Å²) in [5.74, 6) is 0.887. The zero-order valence-electron chi connectivity index (χ0n) is 9.69. The Labute approximate surface area is 99.1 Å². The van der Waals surface area contributed by atoms with Crippen molar-refractivity contribution in [1.29, 1.82) is 0 Å². The van der Waals surface area contributed by atoms with Crippen LogP contribution in [0.5, 0.6) is 0 Å². The molecule has 0 aliphatic carbocycles. The first-order chi connectivity index (χ1) is 7.59. The van der Waals surface area contributed by atoms with E-state index in [0.717, 1.165) is 17.2 Å². The number of nitrogens with two attached hydrogens (primary N) is 1. The van der Waals surface area contributed by atoms with Gasteiger partial charge in [0, 0.05) is 11.9 Å². The van der Waals surface area contributed by atoms with Gasteiger partial charge in [-0.1, -0.05) is 6.07 Å². The molecule has 0 saturated heterocycles. The highest BCUT2D eigenvalue weighted by atomic mass is 32.1. The Morgan fingerprint density at radius 3 is 2.81 bits per heavy atom. The molecule has 2 aromatic heterocycles. The van der Waals surface area contributed by atoms with Gasteiger partial charge in [-0.05, 0) is 25.3 Å². The molecule has 2 heterocycles. The van der Waals surface area contributed by atoms with Crippen molar-refractivity contribution in [2.24, 2.45) is 7.05 Å². The summed E-state index contributed by atoms with van der Waals surface area (Å²) in [6.45, 7) is 4.03. The highest BCUT2D eigenvalue weighted by molar-refractivity contribution is 7.10. The number of rotatable bonds is 3. The molecule has 1 atom stereocenters. The monoisotopic (exact) mass is 236 g/mol. The Morgan fingerprint density at radius 1 is 1.56 bits per heavy atom. The average Bonchev–Trinajstić information content (AvgIpc) is 2.83. The highest BCUT2D eigenvalue weighted by Crippen LogP contribution is 2.27. The maximum Gasteiger partial charge on any atom is 0.148 e. The predicted octanol–water partition coefficient (Wildman–Crippen LogP) is 2.55. The minimum absolute atomic E-state index is 0.247. The molecule has 0 amide bonds. The first-order valence-electron chi connectivity index (χ1n) is 5.18. The first kappa shape index (κ1) is 11.0. The van der Waals surface area contributed by atoms with E-state index >= 15 is 0 Å². The Balaban J connectivity index is 2.21. The van der Waals surface area contributed by atoms with Crippen LogP contribution in [0.3, 0.4) is 0 Å². The lowest BCUT2D eigenvalue weighted by Crippen LogP contribution is -2.10. The van der Waals surface area contributed by atoms with Gasteiger partial charge in [0.2, 0.25) is 0 Å². The average molecular weight is 236 g/mol. The first-order valence-corrected chi connectivity index (χ1v) is 6.06. The van der Waals surface area contributed by atoms with E-state index in [-0.39, 0.29) is 6.04 Å². The fourth-order valence-corrected chi connectivity index (χ4v) is 2.39. The molecule has 4 nitrogen and oxygen atoms in total. The zero-order chi connectivity index (χ0) is 11.7. The van der Waals surface area contributed by atoms with Gasteiger partial charge in [0.25, 0.3) is 0 Å². The molecule has 0 radical (unpaired) electrons. The van der Waals surface area contributed by atoms with E-state index in [0.29, 0.717) is 0 Å². The Hall–Kier alpha value is -1.49. The van der Waals surface area contributed by atoms with Crippen molar-refractivity contribution < 1.29 is 0 Å². The van der Waals surface area contributed by atoms with Crippen molar-refractivity contribution in [3.05, 3.63) is 28.1 Å². The Bertz CT molecular complexity index is 472. The second kappa shape index (κ2) is 4.17. The molecule has 0 fully saturated rings. The number of hydrogen-bond donors (Lipinski definition) is 2. The smallest absolute Gasteiger partial charge is 0.148 e. The second-order valence-electron chi connectivity index (χ2n) is 3.85. The van der Waals surface area contributed by atoms with Gasteiger partial charge in [-0.15, -0.1) is 11.3 Å². The molecule has 16 heavy (non-hydrogen) atoms. The summed E-state index contributed by atoms with van der Waals surface area (Å²) in [5, 5.41) is 9.74. The van der Waals surface area contributed by atoms with Gasteiger partial charge in [-0.2, -0.15) is 5.10 Å². The molecule has 86 valence electrons. The molecular formula is C11H16N4S. The van der Waals surface area contributed by atoms with E-state index in [1.807, 2.05) is 14.0 Å². The van der Waals surface area contributed by atoms with Crippen molar-refractivity contribution in [3.63, 3.8) is 0 Å². The minimum Gasteiger partial charge on any atom is -0.394 e. The van der Waals surface area contributed by atoms with E-state index in [1.165, 1.54) is 4.88 Å². The van der Waals surface area contributed by atoms with Gasteiger partial charge >= 0.3 is 0 Å². The van der Waals surface area contributed by atoms with Gasteiger partial charge in [-0.25, -0.2) is 0 Å². The number of aryl methyl sites for hydroxylation is 2. The van der Waals surface area contributed by atoms with Crippen LogP contribution in [0, 0.1) is 6.92 Å². The van der Waals surface area contributed by atoms with Crippen LogP contribution in [0.4, 0.5) is 11.5 Å². The van der Waals surface area contributed by atoms with Crippen LogP contribution in [0.15, 0.2) is 17.5 Å². The number of hydrogen-bond acceptors (Lipinski definition) is 4. The number of thiophene rings is 1. The van der Waals surface area contributed by atoms with Gasteiger partial charge < -0.3 is 11.1 Å². The van der Waals surface area contributed by atoms with E-state index in [2.05, 4.69) is 34.9 Å². The molecule has 1 unspecified atom stereocenters. The maximum atomic E-state index is 5.96. The lowest BCUT2D eigenvalue weighted by Gasteiger charge is -2.14. The van der Waals surface area contributed by atoms with Crippen molar-refractivity contribution in [3.8, 4) is 0 Å². The number of anilines is 2. The molecule has 0 aliphatic heterocycles. The highest BCUT2D eigenvalue weighted by Gasteiger charge is 2.13. The summed E-state index contributed by atoms with van der Waals surface area (Å²) in [6.07, 6.45) is 0. The molecule has 0 spiro atoms. The summed E-state index contributed by atoms with van der Waals surface area (Å²) < 4.78 is 1.79. The van der Waals surface area contributed by atoms with Gasteiger partial charge in [-0.3, -0.25) is 4.68 Å². The molecule has 2 rings (SSSR count). The van der Waals surface area contributed by atoms with Crippen LogP contribution in [0.25, 0.3) is 0 Å². The third kappa shape index (κ3) is 1.90. The summed E-state index contributed by atoms with van der Waals surface area (Å²) in [4.78, 5) is 1.29. The summed E-state index contributed by atoms with van der Waals surface area (Å²) in [6, 6.07) is 4.41. The lowest BCUT2D eigenvalue weighted by molar-refractivity contribution is 0.745. The maximum absolute atomic E-state index is 5.96.